The molecule has 0 unspecified atom stereocenters. The van der Waals surface area contributed by atoms with E-state index in [0.717, 1.165) is 22.9 Å². The van der Waals surface area contributed by atoms with E-state index < -0.39 is 0 Å². The Morgan fingerprint density at radius 2 is 2.10 bits per heavy atom. The van der Waals surface area contributed by atoms with Crippen LogP contribution in [0.15, 0.2) is 29.6 Å². The summed E-state index contributed by atoms with van der Waals surface area (Å²) in [5.74, 6) is 0.878. The molecular formula is C16H22N2OS. The largest absolute Gasteiger partial charge is 0.486 e. The number of benzene rings is 1. The summed E-state index contributed by atoms with van der Waals surface area (Å²) < 4.78 is 5.81. The minimum absolute atomic E-state index is 0.0930. The fraction of sp³-hybridized carbons (Fsp3) is 0.438. The topological polar surface area (TPSA) is 48.1 Å². The van der Waals surface area contributed by atoms with Gasteiger partial charge in [0.1, 0.15) is 17.4 Å². The van der Waals surface area contributed by atoms with Crippen LogP contribution in [-0.2, 0) is 18.4 Å². The van der Waals surface area contributed by atoms with Crippen LogP contribution in [0.4, 0.5) is 0 Å². The van der Waals surface area contributed by atoms with Gasteiger partial charge in [0.2, 0.25) is 0 Å². The summed E-state index contributed by atoms with van der Waals surface area (Å²) in [7, 11) is 0. The predicted molar refractivity (Wildman–Crippen MR) is 84.3 cm³/mol. The zero-order valence-corrected chi connectivity index (χ0v) is 13.2. The smallest absolute Gasteiger partial charge is 0.140 e. The normalized spacial score (nSPS) is 11.6. The van der Waals surface area contributed by atoms with Crippen LogP contribution in [0, 0.1) is 0 Å². The first kappa shape index (κ1) is 15.0. The molecule has 0 aliphatic rings. The number of hydrogen-bond acceptors (Lipinski definition) is 4. The molecule has 0 radical (unpaired) electrons. The molecule has 2 N–H and O–H groups in total. The molecule has 0 bridgehead atoms. The van der Waals surface area contributed by atoms with Gasteiger partial charge < -0.3 is 10.5 Å². The Morgan fingerprint density at radius 1 is 1.30 bits per heavy atom. The van der Waals surface area contributed by atoms with Crippen LogP contribution in [-0.4, -0.2) is 11.5 Å². The Bertz CT molecular complexity index is 558. The maximum atomic E-state index is 5.81. The third-order valence-corrected chi connectivity index (χ3v) is 3.84. The van der Waals surface area contributed by atoms with Crippen LogP contribution in [0.3, 0.4) is 0 Å². The van der Waals surface area contributed by atoms with E-state index in [1.165, 1.54) is 5.56 Å². The van der Waals surface area contributed by atoms with Crippen molar-refractivity contribution in [3.8, 4) is 5.75 Å². The van der Waals surface area contributed by atoms with Gasteiger partial charge in [-0.05, 0) is 30.7 Å². The second-order valence-corrected chi connectivity index (χ2v) is 6.79. The average Bonchev–Trinajstić information content (AvgIpc) is 2.86. The number of hydrogen-bond donors (Lipinski definition) is 1. The first-order valence-electron chi connectivity index (χ1n) is 6.86. The molecule has 1 heterocycles. The second-order valence-electron chi connectivity index (χ2n) is 5.85. The van der Waals surface area contributed by atoms with Gasteiger partial charge in [-0.25, -0.2) is 4.98 Å². The molecule has 0 saturated carbocycles. The Kier molecular flexibility index (Phi) is 4.78. The van der Waals surface area contributed by atoms with E-state index in [1.807, 2.05) is 18.2 Å². The number of thiazole rings is 1. The van der Waals surface area contributed by atoms with Crippen LogP contribution in [0.2, 0.25) is 0 Å². The van der Waals surface area contributed by atoms with E-state index in [4.69, 9.17) is 10.5 Å². The van der Waals surface area contributed by atoms with E-state index in [2.05, 4.69) is 37.2 Å². The van der Waals surface area contributed by atoms with Crippen molar-refractivity contribution >= 4 is 11.3 Å². The number of aromatic nitrogens is 1. The van der Waals surface area contributed by atoms with E-state index in [9.17, 15) is 0 Å². The summed E-state index contributed by atoms with van der Waals surface area (Å²) in [4.78, 5) is 4.63. The highest BCUT2D eigenvalue weighted by Crippen LogP contribution is 2.24. The second kappa shape index (κ2) is 6.37. The third kappa shape index (κ3) is 4.05. The lowest BCUT2D eigenvalue weighted by Crippen LogP contribution is -2.11. The molecule has 1 aromatic carbocycles. The average molecular weight is 290 g/mol. The SMILES string of the molecule is CC(C)(C)c1csc(COc2cccc(CCN)c2)n1. The lowest BCUT2D eigenvalue weighted by molar-refractivity contribution is 0.304. The molecule has 0 aliphatic heterocycles. The number of ether oxygens (including phenoxy) is 1. The van der Waals surface area contributed by atoms with Crippen LogP contribution in [0.1, 0.15) is 37.0 Å². The van der Waals surface area contributed by atoms with Crippen LogP contribution in [0.25, 0.3) is 0 Å². The lowest BCUT2D eigenvalue weighted by atomic mass is 9.93. The van der Waals surface area contributed by atoms with Crippen molar-refractivity contribution in [2.45, 2.75) is 39.2 Å². The van der Waals surface area contributed by atoms with E-state index in [1.54, 1.807) is 11.3 Å². The lowest BCUT2D eigenvalue weighted by Gasteiger charge is -2.14. The molecule has 0 atom stereocenters. The van der Waals surface area contributed by atoms with Crippen molar-refractivity contribution in [2.75, 3.05) is 6.54 Å². The zero-order chi connectivity index (χ0) is 14.6. The molecule has 0 aliphatic carbocycles. The predicted octanol–water partition coefficient (Wildman–Crippen LogP) is 3.52. The molecule has 0 amide bonds. The summed E-state index contributed by atoms with van der Waals surface area (Å²) in [5, 5.41) is 3.13. The molecule has 0 spiro atoms. The van der Waals surface area contributed by atoms with Crippen molar-refractivity contribution in [2.24, 2.45) is 5.73 Å². The van der Waals surface area contributed by atoms with Crippen molar-refractivity contribution in [1.82, 2.24) is 4.98 Å². The summed E-state index contributed by atoms with van der Waals surface area (Å²) >= 11 is 1.65. The standard InChI is InChI=1S/C16H22N2OS/c1-16(2,3)14-11-20-15(18-14)10-19-13-6-4-5-12(9-13)7-8-17/h4-6,9,11H,7-8,10,17H2,1-3H3. The monoisotopic (exact) mass is 290 g/mol. The molecule has 20 heavy (non-hydrogen) atoms. The highest BCUT2D eigenvalue weighted by atomic mass is 32.1. The van der Waals surface area contributed by atoms with Crippen molar-refractivity contribution in [1.29, 1.82) is 0 Å². The Morgan fingerprint density at radius 3 is 2.75 bits per heavy atom. The Labute approximate surface area is 124 Å². The molecule has 0 fully saturated rings. The first-order valence-corrected chi connectivity index (χ1v) is 7.73. The number of nitrogens with zero attached hydrogens (tertiary/aromatic N) is 1. The number of nitrogens with two attached hydrogens (primary N) is 1. The minimum atomic E-state index is 0.0930. The van der Waals surface area contributed by atoms with E-state index in [0.29, 0.717) is 13.2 Å². The van der Waals surface area contributed by atoms with Gasteiger partial charge in [0.25, 0.3) is 0 Å². The maximum Gasteiger partial charge on any atom is 0.140 e. The quantitative estimate of drug-likeness (QED) is 0.916. The molecule has 2 rings (SSSR count). The van der Waals surface area contributed by atoms with Crippen LogP contribution in [0.5, 0.6) is 5.75 Å². The minimum Gasteiger partial charge on any atom is -0.486 e. The first-order chi connectivity index (χ1) is 9.49. The summed E-state index contributed by atoms with van der Waals surface area (Å²) in [5.41, 5.74) is 7.99. The fourth-order valence-electron chi connectivity index (χ4n) is 1.82. The van der Waals surface area contributed by atoms with Gasteiger partial charge in [-0.3, -0.25) is 0 Å². The zero-order valence-electron chi connectivity index (χ0n) is 12.3. The van der Waals surface area contributed by atoms with Gasteiger partial charge >= 0.3 is 0 Å². The van der Waals surface area contributed by atoms with E-state index >= 15 is 0 Å². The summed E-state index contributed by atoms with van der Waals surface area (Å²) in [6, 6.07) is 8.09. The van der Waals surface area contributed by atoms with Gasteiger partial charge in [0.15, 0.2) is 0 Å². The molecule has 1 aromatic heterocycles. The van der Waals surface area contributed by atoms with Gasteiger partial charge in [-0.15, -0.1) is 11.3 Å². The van der Waals surface area contributed by atoms with Crippen molar-refractivity contribution < 1.29 is 4.74 Å². The highest BCUT2D eigenvalue weighted by Gasteiger charge is 2.17. The number of rotatable bonds is 5. The fourth-order valence-corrected chi connectivity index (χ4v) is 2.76. The summed E-state index contributed by atoms with van der Waals surface area (Å²) in [6.07, 6.45) is 0.878. The van der Waals surface area contributed by atoms with Crippen molar-refractivity contribution in [3.05, 3.63) is 45.9 Å². The Hall–Kier alpha value is -1.39. The molecule has 0 saturated heterocycles. The molecule has 3 nitrogen and oxygen atoms in total. The van der Waals surface area contributed by atoms with Crippen LogP contribution < -0.4 is 10.5 Å². The van der Waals surface area contributed by atoms with Gasteiger partial charge in [-0.1, -0.05) is 32.9 Å². The van der Waals surface area contributed by atoms with Gasteiger partial charge in [-0.2, -0.15) is 0 Å². The maximum absolute atomic E-state index is 5.81. The Balaban J connectivity index is 1.98. The molecular weight excluding hydrogens is 268 g/mol. The van der Waals surface area contributed by atoms with Gasteiger partial charge in [0.05, 0.1) is 5.69 Å². The molecule has 4 heteroatoms. The summed E-state index contributed by atoms with van der Waals surface area (Å²) in [6.45, 7) is 7.69. The molecule has 108 valence electrons. The highest BCUT2D eigenvalue weighted by molar-refractivity contribution is 7.09. The van der Waals surface area contributed by atoms with Crippen molar-refractivity contribution in [3.63, 3.8) is 0 Å². The third-order valence-electron chi connectivity index (χ3n) is 3.01. The van der Waals surface area contributed by atoms with Crippen LogP contribution >= 0.6 is 11.3 Å². The van der Waals surface area contributed by atoms with E-state index in [-0.39, 0.29) is 5.41 Å². The van der Waals surface area contributed by atoms with Gasteiger partial charge in [0, 0.05) is 10.8 Å². The molecule has 2 aromatic rings.